The van der Waals surface area contributed by atoms with Crippen LogP contribution in [0.4, 0.5) is 0 Å². The summed E-state index contributed by atoms with van der Waals surface area (Å²) >= 11 is 0. The summed E-state index contributed by atoms with van der Waals surface area (Å²) in [7, 11) is 0. The van der Waals surface area contributed by atoms with Crippen LogP contribution < -0.4 is 5.73 Å². The molecular formula is C26H45NO4. The number of aliphatic hydroxyl groups excluding tert-OH is 3. The molecule has 0 bridgehead atoms. The summed E-state index contributed by atoms with van der Waals surface area (Å²) in [6.45, 7) is 0.368. The monoisotopic (exact) mass is 435 g/mol. The zero-order chi connectivity index (χ0) is 22.7. The molecule has 0 saturated heterocycles. The van der Waals surface area contributed by atoms with Gasteiger partial charge in [0.15, 0.2) is 5.78 Å². The van der Waals surface area contributed by atoms with Crippen molar-refractivity contribution in [3.05, 3.63) is 35.9 Å². The van der Waals surface area contributed by atoms with Crippen molar-refractivity contribution in [1.82, 2.24) is 0 Å². The lowest BCUT2D eigenvalue weighted by molar-refractivity contribution is -0.137. The molecule has 3 atom stereocenters. The second kappa shape index (κ2) is 18.3. The van der Waals surface area contributed by atoms with Crippen LogP contribution in [0.3, 0.4) is 0 Å². The van der Waals surface area contributed by atoms with E-state index in [2.05, 4.69) is 0 Å². The SMILES string of the molecule is NCCCCCCCCCCCCCCCC(O)C(CO)C(=O)C(O)c1ccccc1. The van der Waals surface area contributed by atoms with E-state index in [1.165, 1.54) is 57.8 Å². The molecule has 0 aliphatic heterocycles. The van der Waals surface area contributed by atoms with Crippen molar-refractivity contribution in [2.75, 3.05) is 13.2 Å². The molecule has 0 aromatic heterocycles. The van der Waals surface area contributed by atoms with Crippen molar-refractivity contribution in [1.29, 1.82) is 0 Å². The van der Waals surface area contributed by atoms with E-state index in [4.69, 9.17) is 5.73 Å². The molecule has 5 N–H and O–H groups in total. The van der Waals surface area contributed by atoms with E-state index in [0.29, 0.717) is 12.0 Å². The van der Waals surface area contributed by atoms with Gasteiger partial charge in [-0.05, 0) is 24.9 Å². The summed E-state index contributed by atoms with van der Waals surface area (Å²) in [4.78, 5) is 12.5. The van der Waals surface area contributed by atoms with Crippen LogP contribution in [-0.4, -0.2) is 40.4 Å². The quantitative estimate of drug-likeness (QED) is 0.223. The Morgan fingerprint density at radius 2 is 1.19 bits per heavy atom. The second-order valence-electron chi connectivity index (χ2n) is 8.75. The van der Waals surface area contributed by atoms with Gasteiger partial charge < -0.3 is 21.1 Å². The van der Waals surface area contributed by atoms with Gasteiger partial charge >= 0.3 is 0 Å². The number of Topliss-reactive ketones (excluding diaryl/α,β-unsaturated/α-hetero) is 1. The maximum Gasteiger partial charge on any atom is 0.173 e. The maximum atomic E-state index is 12.5. The van der Waals surface area contributed by atoms with E-state index < -0.39 is 30.5 Å². The van der Waals surface area contributed by atoms with E-state index in [1.807, 2.05) is 6.07 Å². The molecule has 0 saturated carbocycles. The average molecular weight is 436 g/mol. The number of hydrogen-bond donors (Lipinski definition) is 4. The third-order valence-electron chi connectivity index (χ3n) is 6.12. The first-order valence-corrected chi connectivity index (χ1v) is 12.4. The fourth-order valence-electron chi connectivity index (χ4n) is 4.05. The van der Waals surface area contributed by atoms with Crippen LogP contribution in [0, 0.1) is 5.92 Å². The number of hydrogen-bond acceptors (Lipinski definition) is 5. The molecule has 0 amide bonds. The molecule has 0 heterocycles. The van der Waals surface area contributed by atoms with Gasteiger partial charge in [0, 0.05) is 0 Å². The van der Waals surface area contributed by atoms with Crippen LogP contribution in [0.25, 0.3) is 0 Å². The fourth-order valence-corrected chi connectivity index (χ4v) is 4.05. The Morgan fingerprint density at radius 1 is 0.742 bits per heavy atom. The molecule has 1 aromatic carbocycles. The average Bonchev–Trinajstić information content (AvgIpc) is 2.79. The lowest BCUT2D eigenvalue weighted by atomic mass is 9.89. The van der Waals surface area contributed by atoms with E-state index in [1.54, 1.807) is 24.3 Å². The number of nitrogens with two attached hydrogens (primary N) is 1. The van der Waals surface area contributed by atoms with E-state index in [0.717, 1.165) is 32.2 Å². The zero-order valence-corrected chi connectivity index (χ0v) is 19.3. The van der Waals surface area contributed by atoms with Gasteiger partial charge in [0.25, 0.3) is 0 Å². The molecule has 3 unspecified atom stereocenters. The first-order chi connectivity index (χ1) is 15.1. The summed E-state index contributed by atoms with van der Waals surface area (Å²) in [5, 5.41) is 30.2. The van der Waals surface area contributed by atoms with Crippen LogP contribution in [0.1, 0.15) is 102 Å². The Morgan fingerprint density at radius 3 is 1.65 bits per heavy atom. The molecule has 5 heteroatoms. The first kappa shape index (κ1) is 27.8. The molecule has 0 aliphatic carbocycles. The summed E-state index contributed by atoms with van der Waals surface area (Å²) in [6.07, 6.45) is 14.1. The van der Waals surface area contributed by atoms with E-state index >= 15 is 0 Å². The lowest BCUT2D eigenvalue weighted by Gasteiger charge is -2.22. The summed E-state index contributed by atoms with van der Waals surface area (Å²) in [5.41, 5.74) is 5.99. The molecule has 0 spiro atoms. The first-order valence-electron chi connectivity index (χ1n) is 12.4. The van der Waals surface area contributed by atoms with Gasteiger partial charge in [-0.1, -0.05) is 107 Å². The van der Waals surface area contributed by atoms with Crippen LogP contribution in [-0.2, 0) is 4.79 Å². The summed E-state index contributed by atoms with van der Waals surface area (Å²) in [5.74, 6) is -1.45. The number of aliphatic hydroxyl groups is 3. The highest BCUT2D eigenvalue weighted by Crippen LogP contribution is 2.22. The highest BCUT2D eigenvalue weighted by Gasteiger charge is 2.31. The Kier molecular flexibility index (Phi) is 16.4. The van der Waals surface area contributed by atoms with Crippen LogP contribution >= 0.6 is 0 Å². The van der Waals surface area contributed by atoms with E-state index in [-0.39, 0.29) is 0 Å². The number of unbranched alkanes of at least 4 members (excludes halogenated alkanes) is 12. The maximum absolute atomic E-state index is 12.5. The molecule has 31 heavy (non-hydrogen) atoms. The van der Waals surface area contributed by atoms with Crippen molar-refractivity contribution in [2.45, 2.75) is 102 Å². The van der Waals surface area contributed by atoms with E-state index in [9.17, 15) is 20.1 Å². The Bertz CT molecular complexity index is 552. The van der Waals surface area contributed by atoms with Crippen molar-refractivity contribution in [3.8, 4) is 0 Å². The second-order valence-corrected chi connectivity index (χ2v) is 8.75. The minimum absolute atomic E-state index is 0.448. The highest BCUT2D eigenvalue weighted by atomic mass is 16.3. The van der Waals surface area contributed by atoms with Crippen LogP contribution in [0.5, 0.6) is 0 Å². The van der Waals surface area contributed by atoms with Gasteiger partial charge in [-0.2, -0.15) is 0 Å². The number of carbonyl (C=O) groups excluding carboxylic acids is 1. The van der Waals surface area contributed by atoms with Crippen molar-refractivity contribution in [3.63, 3.8) is 0 Å². The van der Waals surface area contributed by atoms with Gasteiger partial charge in [0.1, 0.15) is 6.10 Å². The molecule has 0 fully saturated rings. The third-order valence-corrected chi connectivity index (χ3v) is 6.12. The number of ketones is 1. The fraction of sp³-hybridized carbons (Fsp3) is 0.731. The Hall–Kier alpha value is -1.27. The number of benzene rings is 1. The number of carbonyl (C=O) groups is 1. The summed E-state index contributed by atoms with van der Waals surface area (Å²) < 4.78 is 0. The molecule has 1 rings (SSSR count). The Labute approximate surface area is 189 Å². The van der Waals surface area contributed by atoms with Gasteiger partial charge in [-0.3, -0.25) is 4.79 Å². The van der Waals surface area contributed by atoms with Crippen molar-refractivity contribution in [2.24, 2.45) is 11.7 Å². The predicted octanol–water partition coefficient (Wildman–Crippen LogP) is 4.68. The zero-order valence-electron chi connectivity index (χ0n) is 19.3. The molecule has 178 valence electrons. The van der Waals surface area contributed by atoms with Gasteiger partial charge in [0.2, 0.25) is 0 Å². The molecule has 1 aromatic rings. The molecule has 0 radical (unpaired) electrons. The van der Waals surface area contributed by atoms with Gasteiger partial charge in [0.05, 0.1) is 18.6 Å². The smallest absolute Gasteiger partial charge is 0.173 e. The minimum Gasteiger partial charge on any atom is -0.396 e. The predicted molar refractivity (Wildman–Crippen MR) is 127 cm³/mol. The number of rotatable bonds is 20. The van der Waals surface area contributed by atoms with Crippen molar-refractivity contribution >= 4 is 5.78 Å². The normalized spacial score (nSPS) is 14.3. The largest absolute Gasteiger partial charge is 0.396 e. The minimum atomic E-state index is -1.31. The Balaban J connectivity index is 2.07. The van der Waals surface area contributed by atoms with Gasteiger partial charge in [-0.15, -0.1) is 0 Å². The third kappa shape index (κ3) is 12.4. The standard InChI is InChI=1S/C26H45NO4/c27-20-16-11-9-7-5-3-1-2-4-6-8-10-15-19-24(29)23(21-28)26(31)25(30)22-17-13-12-14-18-22/h12-14,17-18,23-25,28-30H,1-11,15-16,19-21,27H2. The molecule has 5 nitrogen and oxygen atoms in total. The lowest BCUT2D eigenvalue weighted by Crippen LogP contribution is -2.34. The topological polar surface area (TPSA) is 104 Å². The highest BCUT2D eigenvalue weighted by molar-refractivity contribution is 5.86. The van der Waals surface area contributed by atoms with Crippen LogP contribution in [0.15, 0.2) is 30.3 Å². The van der Waals surface area contributed by atoms with Crippen LogP contribution in [0.2, 0.25) is 0 Å². The van der Waals surface area contributed by atoms with Crippen molar-refractivity contribution < 1.29 is 20.1 Å². The summed E-state index contributed by atoms with van der Waals surface area (Å²) in [6, 6.07) is 8.66. The molecular weight excluding hydrogens is 390 g/mol. The van der Waals surface area contributed by atoms with Gasteiger partial charge in [-0.25, -0.2) is 0 Å². The molecule has 0 aliphatic rings.